The van der Waals surface area contributed by atoms with Crippen LogP contribution >= 0.6 is 0 Å². The highest BCUT2D eigenvalue weighted by molar-refractivity contribution is 5.77. The average Bonchev–Trinajstić information content (AvgIpc) is 2.69. The molecule has 0 radical (unpaired) electrons. The van der Waals surface area contributed by atoms with Gasteiger partial charge in [0.2, 0.25) is 0 Å². The minimum Gasteiger partial charge on any atom is -0.492 e. The van der Waals surface area contributed by atoms with Crippen LogP contribution in [0.3, 0.4) is 0 Å². The first kappa shape index (κ1) is 21.0. The molecule has 1 amide bonds. The highest BCUT2D eigenvalue weighted by Gasteiger charge is 2.25. The Labute approximate surface area is 170 Å². The number of nitrogens with one attached hydrogen (secondary N) is 2. The van der Waals surface area contributed by atoms with Gasteiger partial charge < -0.3 is 19.9 Å². The molecule has 1 aliphatic heterocycles. The van der Waals surface area contributed by atoms with E-state index in [-0.39, 0.29) is 11.5 Å². The molecule has 0 aromatic heterocycles. The van der Waals surface area contributed by atoms with Crippen LogP contribution < -0.4 is 19.9 Å². The molecule has 0 unspecified atom stereocenters. The maximum absolute atomic E-state index is 13.9. The molecule has 156 valence electrons. The number of para-hydroxylation sites is 2. The van der Waals surface area contributed by atoms with Crippen LogP contribution in [0.1, 0.15) is 25.5 Å². The third-order valence-electron chi connectivity index (χ3n) is 5.19. The van der Waals surface area contributed by atoms with Crippen molar-refractivity contribution < 1.29 is 23.2 Å². The summed E-state index contributed by atoms with van der Waals surface area (Å²) in [5, 5.41) is 2.82. The monoisotopic (exact) mass is 404 g/mol. The van der Waals surface area contributed by atoms with Crippen molar-refractivity contribution in [2.45, 2.75) is 19.9 Å². The number of rotatable bonds is 7. The van der Waals surface area contributed by atoms with Gasteiger partial charge in [0.25, 0.3) is 5.91 Å². The van der Waals surface area contributed by atoms with Crippen LogP contribution in [-0.4, -0.2) is 45.2 Å². The molecule has 5 nitrogen and oxygen atoms in total. The number of halogens is 2. The normalized spacial score (nSPS) is 15.8. The van der Waals surface area contributed by atoms with Crippen LogP contribution in [0.4, 0.5) is 14.5 Å². The average molecular weight is 404 g/mol. The topological polar surface area (TPSA) is 46.0 Å². The van der Waals surface area contributed by atoms with Gasteiger partial charge in [0.15, 0.2) is 6.54 Å². The number of carbonyl (C=O) groups is 1. The molecule has 29 heavy (non-hydrogen) atoms. The molecule has 1 atom stereocenters. The van der Waals surface area contributed by atoms with E-state index in [1.165, 1.54) is 17.0 Å². The Hall–Kier alpha value is -2.67. The summed E-state index contributed by atoms with van der Waals surface area (Å²) in [5.74, 6) is -0.532. The fraction of sp³-hybridized carbons (Fsp3) is 0.409. The second-order valence-corrected chi connectivity index (χ2v) is 7.27. The predicted octanol–water partition coefficient (Wildman–Crippen LogP) is 1.95. The Bertz CT molecular complexity index is 839. The van der Waals surface area contributed by atoms with Gasteiger partial charge in [-0.15, -0.1) is 0 Å². The minimum absolute atomic E-state index is 0.139. The molecule has 1 heterocycles. The van der Waals surface area contributed by atoms with Crippen LogP contribution in [0, 0.1) is 11.6 Å². The number of amides is 1. The molecule has 0 bridgehead atoms. The summed E-state index contributed by atoms with van der Waals surface area (Å²) in [7, 11) is 0. The third kappa shape index (κ3) is 5.44. The van der Waals surface area contributed by atoms with E-state index in [1.54, 1.807) is 6.92 Å². The number of ether oxygens (including phenoxy) is 1. The number of hydrogen-bond donors (Lipinski definition) is 2. The van der Waals surface area contributed by atoms with Gasteiger partial charge in [-0.3, -0.25) is 4.79 Å². The molecule has 1 saturated heterocycles. The Morgan fingerprint density at radius 1 is 1.21 bits per heavy atom. The Kier molecular flexibility index (Phi) is 7.04. The number of nitrogens with zero attached hydrogens (tertiary/aromatic N) is 1. The number of piperazine rings is 1. The van der Waals surface area contributed by atoms with Gasteiger partial charge in [0.1, 0.15) is 17.4 Å². The number of anilines is 1. The van der Waals surface area contributed by atoms with Crippen LogP contribution in [-0.2, 0) is 4.79 Å². The smallest absolute Gasteiger partial charge is 0.275 e. The first-order valence-electron chi connectivity index (χ1n) is 10.0. The summed E-state index contributed by atoms with van der Waals surface area (Å²) in [6, 6.07) is 10.9. The molecule has 2 aromatic rings. The number of carbonyl (C=O) groups excluding carboxylic acids is 1. The first-order chi connectivity index (χ1) is 14.0. The van der Waals surface area contributed by atoms with Gasteiger partial charge in [-0.1, -0.05) is 18.2 Å². The van der Waals surface area contributed by atoms with Crippen molar-refractivity contribution >= 4 is 11.6 Å². The predicted molar refractivity (Wildman–Crippen MR) is 108 cm³/mol. The fourth-order valence-corrected chi connectivity index (χ4v) is 3.69. The van der Waals surface area contributed by atoms with E-state index in [9.17, 15) is 13.6 Å². The summed E-state index contributed by atoms with van der Waals surface area (Å²) in [6.45, 7) is 7.93. The maximum atomic E-state index is 13.9. The van der Waals surface area contributed by atoms with Gasteiger partial charge in [0.05, 0.1) is 44.5 Å². The summed E-state index contributed by atoms with van der Waals surface area (Å²) in [5.41, 5.74) is 1.37. The number of hydrogen-bond acceptors (Lipinski definition) is 3. The molecule has 1 aliphatic rings. The SMILES string of the molecule is CCOc1ccccc1N1CC[NH+](CC(=O)N[C@@H](C)c2ccc(F)cc2F)CC1. The summed E-state index contributed by atoms with van der Waals surface area (Å²) in [4.78, 5) is 15.9. The van der Waals surface area contributed by atoms with Crippen LogP contribution in [0.5, 0.6) is 5.75 Å². The summed E-state index contributed by atoms with van der Waals surface area (Å²) in [6.07, 6.45) is 0. The summed E-state index contributed by atoms with van der Waals surface area (Å²) >= 11 is 0. The molecule has 1 fully saturated rings. The van der Waals surface area contributed by atoms with Crippen LogP contribution in [0.2, 0.25) is 0 Å². The fourth-order valence-electron chi connectivity index (χ4n) is 3.69. The van der Waals surface area contributed by atoms with Crippen molar-refractivity contribution in [1.29, 1.82) is 0 Å². The van der Waals surface area contributed by atoms with Gasteiger partial charge >= 0.3 is 0 Å². The van der Waals surface area contributed by atoms with Gasteiger partial charge in [-0.2, -0.15) is 0 Å². The van der Waals surface area contributed by atoms with Crippen molar-refractivity contribution in [3.8, 4) is 5.75 Å². The first-order valence-corrected chi connectivity index (χ1v) is 10.0. The van der Waals surface area contributed by atoms with Crippen molar-refractivity contribution in [1.82, 2.24) is 5.32 Å². The zero-order chi connectivity index (χ0) is 20.8. The second-order valence-electron chi connectivity index (χ2n) is 7.27. The van der Waals surface area contributed by atoms with E-state index in [4.69, 9.17) is 4.74 Å². The van der Waals surface area contributed by atoms with E-state index < -0.39 is 17.7 Å². The van der Waals surface area contributed by atoms with Crippen molar-refractivity contribution in [2.75, 3.05) is 44.2 Å². The zero-order valence-corrected chi connectivity index (χ0v) is 16.9. The lowest BCUT2D eigenvalue weighted by atomic mass is 10.1. The van der Waals surface area contributed by atoms with E-state index in [1.807, 2.05) is 25.1 Å². The zero-order valence-electron chi connectivity index (χ0n) is 16.9. The maximum Gasteiger partial charge on any atom is 0.275 e. The van der Waals surface area contributed by atoms with E-state index in [0.717, 1.165) is 43.7 Å². The van der Waals surface area contributed by atoms with Crippen LogP contribution in [0.15, 0.2) is 42.5 Å². The van der Waals surface area contributed by atoms with E-state index in [2.05, 4.69) is 16.3 Å². The Morgan fingerprint density at radius 2 is 1.93 bits per heavy atom. The lowest BCUT2D eigenvalue weighted by molar-refractivity contribution is -0.892. The minimum atomic E-state index is -0.647. The molecule has 0 saturated carbocycles. The molecule has 2 N–H and O–H groups in total. The van der Waals surface area contributed by atoms with E-state index in [0.29, 0.717) is 13.2 Å². The Balaban J connectivity index is 1.51. The molecular weight excluding hydrogens is 376 g/mol. The van der Waals surface area contributed by atoms with Gasteiger partial charge in [-0.25, -0.2) is 8.78 Å². The standard InChI is InChI=1S/C22H27F2N3O2/c1-3-29-21-7-5-4-6-20(21)27-12-10-26(11-13-27)15-22(28)25-16(2)18-9-8-17(23)14-19(18)24/h4-9,14,16H,3,10-13,15H2,1-2H3,(H,25,28)/p+1/t16-/m0/s1. The highest BCUT2D eigenvalue weighted by Crippen LogP contribution is 2.27. The summed E-state index contributed by atoms with van der Waals surface area (Å²) < 4.78 is 32.7. The van der Waals surface area contributed by atoms with Gasteiger partial charge in [0, 0.05) is 11.6 Å². The molecule has 7 heteroatoms. The largest absolute Gasteiger partial charge is 0.492 e. The lowest BCUT2D eigenvalue weighted by Gasteiger charge is -2.34. The number of benzene rings is 2. The molecule has 3 rings (SSSR count). The second kappa shape index (κ2) is 9.69. The van der Waals surface area contributed by atoms with Crippen molar-refractivity contribution in [3.63, 3.8) is 0 Å². The molecule has 0 aliphatic carbocycles. The van der Waals surface area contributed by atoms with Gasteiger partial charge in [-0.05, 0) is 32.0 Å². The van der Waals surface area contributed by atoms with Crippen LogP contribution in [0.25, 0.3) is 0 Å². The quantitative estimate of drug-likeness (QED) is 0.742. The molecule has 0 spiro atoms. The van der Waals surface area contributed by atoms with Crippen molar-refractivity contribution in [2.24, 2.45) is 0 Å². The van der Waals surface area contributed by atoms with Crippen molar-refractivity contribution in [3.05, 3.63) is 59.7 Å². The van der Waals surface area contributed by atoms with E-state index >= 15 is 0 Å². The third-order valence-corrected chi connectivity index (χ3v) is 5.19. The number of quaternary nitrogens is 1. The molecular formula is C22H28F2N3O2+. The highest BCUT2D eigenvalue weighted by atomic mass is 19.1. The Morgan fingerprint density at radius 3 is 2.62 bits per heavy atom. The lowest BCUT2D eigenvalue weighted by Crippen LogP contribution is -3.15. The molecule has 2 aromatic carbocycles.